The van der Waals surface area contributed by atoms with Crippen molar-refractivity contribution in [2.24, 2.45) is 5.10 Å². The van der Waals surface area contributed by atoms with Crippen LogP contribution in [0.15, 0.2) is 102 Å². The van der Waals surface area contributed by atoms with Gasteiger partial charge in [0, 0.05) is 47.0 Å². The van der Waals surface area contributed by atoms with E-state index in [1.165, 1.54) is 5.01 Å². The van der Waals surface area contributed by atoms with Gasteiger partial charge < -0.3 is 20.5 Å². The second-order valence-corrected chi connectivity index (χ2v) is 8.27. The minimum Gasteiger partial charge on any atom is -0.508 e. The average Bonchev–Trinajstić information content (AvgIpc) is 3.37. The van der Waals surface area contributed by atoms with Gasteiger partial charge in [-0.25, -0.2) is 9.80 Å². The number of pyridine rings is 1. The predicted molar refractivity (Wildman–Crippen MR) is 140 cm³/mol. The van der Waals surface area contributed by atoms with Crippen molar-refractivity contribution in [1.29, 1.82) is 0 Å². The Labute approximate surface area is 208 Å². The summed E-state index contributed by atoms with van der Waals surface area (Å²) in [5.41, 5.74) is 4.62. The maximum absolute atomic E-state index is 13.3. The van der Waals surface area contributed by atoms with Crippen LogP contribution in [0.25, 0.3) is 0 Å². The van der Waals surface area contributed by atoms with Crippen LogP contribution in [-0.4, -0.2) is 34.0 Å². The van der Waals surface area contributed by atoms with Crippen LogP contribution >= 0.6 is 0 Å². The number of urea groups is 1. The molecule has 0 aliphatic carbocycles. The van der Waals surface area contributed by atoms with Crippen molar-refractivity contribution >= 4 is 28.8 Å². The molecule has 0 fully saturated rings. The van der Waals surface area contributed by atoms with E-state index in [0.29, 0.717) is 17.7 Å². The smallest absolute Gasteiger partial charge is 0.342 e. The normalized spacial score (nSPS) is 14.8. The lowest BCUT2D eigenvalue weighted by atomic mass is 9.98. The van der Waals surface area contributed by atoms with Crippen LogP contribution in [0.1, 0.15) is 23.6 Å². The van der Waals surface area contributed by atoms with Crippen LogP contribution < -0.4 is 15.4 Å². The zero-order chi connectivity index (χ0) is 24.9. The van der Waals surface area contributed by atoms with Crippen LogP contribution in [0.4, 0.5) is 21.9 Å². The Balaban J connectivity index is 1.33. The lowest BCUT2D eigenvalue weighted by Gasteiger charge is -2.23. The van der Waals surface area contributed by atoms with Crippen LogP contribution in [0, 0.1) is 0 Å². The number of nitrogens with zero attached hydrogens (tertiary/aromatic N) is 3. The quantitative estimate of drug-likeness (QED) is 0.319. The molecule has 1 aliphatic heterocycles. The first-order valence-electron chi connectivity index (χ1n) is 11.5. The van der Waals surface area contributed by atoms with Crippen molar-refractivity contribution in [2.45, 2.75) is 12.5 Å². The van der Waals surface area contributed by atoms with E-state index < -0.39 is 12.1 Å². The number of anilines is 3. The summed E-state index contributed by atoms with van der Waals surface area (Å²) >= 11 is 0. The van der Waals surface area contributed by atoms with Gasteiger partial charge in [0.05, 0.1) is 18.9 Å². The predicted octanol–water partition coefficient (Wildman–Crippen LogP) is 5.92. The third kappa shape index (κ3) is 4.97. The highest BCUT2D eigenvalue weighted by atomic mass is 16.5. The number of methoxy groups -OCH3 is 1. The fraction of sp³-hybridized carbons (Fsp3) is 0.107. The fourth-order valence-corrected chi connectivity index (χ4v) is 4.08. The number of carbonyl (C=O) groups is 1. The molecule has 0 bridgehead atoms. The molecule has 8 nitrogen and oxygen atoms in total. The van der Waals surface area contributed by atoms with Crippen LogP contribution in [0.5, 0.6) is 11.5 Å². The molecule has 1 aliphatic rings. The molecule has 0 saturated heterocycles. The standard InChI is InChI=1S/C28H25N5O3/c1-36-23-14-12-21(13-15-23)30-20-8-10-22(11-9-20)31-28(35)33-26(24-6-2-3-7-27(24)34)17-25(32-33)19-5-4-16-29-18-19/h2-16,18,26,30,34H,17H2,1H3,(H,31,35). The first kappa shape index (κ1) is 22.9. The number of para-hydroxylation sites is 1. The van der Waals surface area contributed by atoms with E-state index in [4.69, 9.17) is 4.74 Å². The van der Waals surface area contributed by atoms with Gasteiger partial charge in [-0.15, -0.1) is 0 Å². The summed E-state index contributed by atoms with van der Waals surface area (Å²) < 4.78 is 5.19. The number of phenols is 1. The Morgan fingerprint density at radius 1 is 0.944 bits per heavy atom. The van der Waals surface area contributed by atoms with Gasteiger partial charge in [0.15, 0.2) is 0 Å². The van der Waals surface area contributed by atoms with Crippen LogP contribution in [0.2, 0.25) is 0 Å². The molecule has 2 amide bonds. The third-order valence-electron chi connectivity index (χ3n) is 5.92. The zero-order valence-corrected chi connectivity index (χ0v) is 19.6. The molecule has 8 heteroatoms. The Hall–Kier alpha value is -4.85. The molecule has 1 atom stereocenters. The molecule has 4 aromatic rings. The number of aromatic hydroxyl groups is 1. The fourth-order valence-electron chi connectivity index (χ4n) is 4.08. The lowest BCUT2D eigenvalue weighted by Crippen LogP contribution is -2.31. The van der Waals surface area contributed by atoms with E-state index in [9.17, 15) is 9.90 Å². The molecular formula is C28H25N5O3. The lowest BCUT2D eigenvalue weighted by molar-refractivity contribution is 0.199. The number of hydrogen-bond acceptors (Lipinski definition) is 6. The second-order valence-electron chi connectivity index (χ2n) is 8.27. The van der Waals surface area contributed by atoms with E-state index >= 15 is 0 Å². The summed E-state index contributed by atoms with van der Waals surface area (Å²) in [7, 11) is 1.63. The maximum Gasteiger partial charge on any atom is 0.342 e. The molecule has 1 aromatic heterocycles. The summed E-state index contributed by atoms with van der Waals surface area (Å²) in [6, 6.07) is 24.9. The highest BCUT2D eigenvalue weighted by Crippen LogP contribution is 2.37. The molecule has 2 heterocycles. The van der Waals surface area contributed by atoms with Gasteiger partial charge in [-0.05, 0) is 60.7 Å². The number of amides is 2. The number of nitrogens with one attached hydrogen (secondary N) is 2. The summed E-state index contributed by atoms with van der Waals surface area (Å²) in [6.45, 7) is 0. The van der Waals surface area contributed by atoms with E-state index in [0.717, 1.165) is 28.4 Å². The summed E-state index contributed by atoms with van der Waals surface area (Å²) in [6.07, 6.45) is 3.87. The number of benzene rings is 3. The Bertz CT molecular complexity index is 1370. The molecule has 3 N–H and O–H groups in total. The molecule has 0 saturated carbocycles. The van der Waals surface area contributed by atoms with Crippen LogP contribution in [0.3, 0.4) is 0 Å². The number of hydrogen-bond donors (Lipinski definition) is 3. The first-order valence-corrected chi connectivity index (χ1v) is 11.5. The largest absolute Gasteiger partial charge is 0.508 e. The highest BCUT2D eigenvalue weighted by Gasteiger charge is 2.34. The Morgan fingerprint density at radius 3 is 2.31 bits per heavy atom. The van der Waals surface area contributed by atoms with Crippen molar-refractivity contribution in [1.82, 2.24) is 9.99 Å². The van der Waals surface area contributed by atoms with Crippen LogP contribution in [-0.2, 0) is 0 Å². The molecule has 1 unspecified atom stereocenters. The molecule has 5 rings (SSSR count). The van der Waals surface area contributed by atoms with Crippen molar-refractivity contribution in [3.8, 4) is 11.5 Å². The second kappa shape index (κ2) is 10.2. The molecule has 0 spiro atoms. The van der Waals surface area contributed by atoms with Gasteiger partial charge in [0.2, 0.25) is 0 Å². The van der Waals surface area contributed by atoms with Gasteiger partial charge >= 0.3 is 6.03 Å². The number of aromatic nitrogens is 1. The molecule has 3 aromatic carbocycles. The van der Waals surface area contributed by atoms with Gasteiger partial charge in [0.25, 0.3) is 0 Å². The van der Waals surface area contributed by atoms with Gasteiger partial charge in [-0.2, -0.15) is 5.10 Å². The summed E-state index contributed by atoms with van der Waals surface area (Å²) in [5, 5.41) is 22.7. The van der Waals surface area contributed by atoms with Crippen molar-refractivity contribution in [3.63, 3.8) is 0 Å². The summed E-state index contributed by atoms with van der Waals surface area (Å²) in [4.78, 5) is 17.5. The zero-order valence-electron chi connectivity index (χ0n) is 19.6. The first-order chi connectivity index (χ1) is 17.6. The van der Waals surface area contributed by atoms with Gasteiger partial charge in [-0.3, -0.25) is 4.98 Å². The van der Waals surface area contributed by atoms with Crippen molar-refractivity contribution in [3.05, 3.63) is 108 Å². The molecule has 180 valence electrons. The average molecular weight is 480 g/mol. The van der Waals surface area contributed by atoms with E-state index in [-0.39, 0.29) is 5.75 Å². The number of rotatable bonds is 6. The molecular weight excluding hydrogens is 454 g/mol. The van der Waals surface area contributed by atoms with E-state index in [2.05, 4.69) is 20.7 Å². The summed E-state index contributed by atoms with van der Waals surface area (Å²) in [5.74, 6) is 0.911. The minimum absolute atomic E-state index is 0.122. The SMILES string of the molecule is COc1ccc(Nc2ccc(NC(=O)N3N=C(c4cccnc4)CC3c3ccccc3O)cc2)cc1. The molecule has 0 radical (unpaired) electrons. The Morgan fingerprint density at radius 2 is 1.64 bits per heavy atom. The third-order valence-corrected chi connectivity index (χ3v) is 5.92. The number of phenolic OH excluding ortho intramolecular Hbond substituents is 1. The number of ether oxygens (including phenoxy) is 1. The maximum atomic E-state index is 13.3. The van der Waals surface area contributed by atoms with Gasteiger partial charge in [0.1, 0.15) is 11.5 Å². The topological polar surface area (TPSA) is 99.1 Å². The number of hydrazone groups is 1. The van der Waals surface area contributed by atoms with Crippen molar-refractivity contribution < 1.29 is 14.6 Å². The molecule has 36 heavy (non-hydrogen) atoms. The monoisotopic (exact) mass is 479 g/mol. The van der Waals surface area contributed by atoms with E-state index in [1.807, 2.05) is 72.8 Å². The van der Waals surface area contributed by atoms with Crippen molar-refractivity contribution in [2.75, 3.05) is 17.7 Å². The number of carbonyl (C=O) groups excluding carboxylic acids is 1. The minimum atomic E-state index is -0.447. The highest BCUT2D eigenvalue weighted by molar-refractivity contribution is 6.04. The van der Waals surface area contributed by atoms with Gasteiger partial charge in [-0.1, -0.05) is 24.3 Å². The Kier molecular flexibility index (Phi) is 6.48. The van der Waals surface area contributed by atoms with E-state index in [1.54, 1.807) is 31.6 Å².